The van der Waals surface area contributed by atoms with Gasteiger partial charge in [-0.15, -0.1) is 10.2 Å². The van der Waals surface area contributed by atoms with Crippen molar-refractivity contribution in [2.45, 2.75) is 31.2 Å². The van der Waals surface area contributed by atoms with Crippen LogP contribution in [0.4, 0.5) is 5.13 Å². The number of carbonyl (C=O) groups excluding carboxylic acids is 1. The Hall–Kier alpha value is -1.60. The molecule has 1 aromatic carbocycles. The SMILES string of the molecule is CC(C)CNc1nnc(SCC(=O)NC(C)c2ccccc2)s1. The van der Waals surface area contributed by atoms with E-state index in [1.165, 1.54) is 23.1 Å². The van der Waals surface area contributed by atoms with Crippen LogP contribution in [0.15, 0.2) is 34.7 Å². The molecule has 1 unspecified atom stereocenters. The molecular weight excluding hydrogens is 328 g/mol. The Morgan fingerprint density at radius 2 is 1.96 bits per heavy atom. The average Bonchev–Trinajstić information content (AvgIpc) is 3.00. The first-order chi connectivity index (χ1) is 11.0. The summed E-state index contributed by atoms with van der Waals surface area (Å²) in [4.78, 5) is 12.0. The van der Waals surface area contributed by atoms with Gasteiger partial charge in [0.1, 0.15) is 0 Å². The zero-order valence-electron chi connectivity index (χ0n) is 13.6. The molecule has 0 aliphatic carbocycles. The third kappa shape index (κ3) is 6.19. The number of carbonyl (C=O) groups is 1. The number of rotatable bonds is 8. The van der Waals surface area contributed by atoms with Gasteiger partial charge in [0, 0.05) is 6.54 Å². The Labute approximate surface area is 145 Å². The Bertz CT molecular complexity index is 616. The lowest BCUT2D eigenvalue weighted by Gasteiger charge is -2.13. The molecule has 1 atom stereocenters. The van der Waals surface area contributed by atoms with E-state index in [0.29, 0.717) is 11.7 Å². The molecule has 0 bridgehead atoms. The molecule has 0 saturated carbocycles. The molecule has 23 heavy (non-hydrogen) atoms. The van der Waals surface area contributed by atoms with Gasteiger partial charge in [-0.25, -0.2) is 0 Å². The van der Waals surface area contributed by atoms with Crippen LogP contribution in [0.3, 0.4) is 0 Å². The average molecular weight is 351 g/mol. The summed E-state index contributed by atoms with van der Waals surface area (Å²) in [5.74, 6) is 0.897. The molecule has 2 aromatic rings. The number of amides is 1. The number of aromatic nitrogens is 2. The molecule has 1 amide bonds. The van der Waals surface area contributed by atoms with Crippen LogP contribution in [0.1, 0.15) is 32.4 Å². The van der Waals surface area contributed by atoms with Crippen LogP contribution < -0.4 is 10.6 Å². The summed E-state index contributed by atoms with van der Waals surface area (Å²) < 4.78 is 0.804. The van der Waals surface area contributed by atoms with Gasteiger partial charge in [0.15, 0.2) is 4.34 Å². The predicted octanol–water partition coefficient (Wildman–Crippen LogP) is 3.58. The van der Waals surface area contributed by atoms with Gasteiger partial charge in [0.05, 0.1) is 11.8 Å². The van der Waals surface area contributed by atoms with Gasteiger partial charge in [0.2, 0.25) is 11.0 Å². The lowest BCUT2D eigenvalue weighted by molar-refractivity contribution is -0.119. The maximum Gasteiger partial charge on any atom is 0.230 e. The van der Waals surface area contributed by atoms with E-state index in [-0.39, 0.29) is 11.9 Å². The first-order valence-electron chi connectivity index (χ1n) is 7.59. The van der Waals surface area contributed by atoms with Crippen LogP contribution in [-0.2, 0) is 4.79 Å². The Kier molecular flexibility index (Phi) is 6.85. The van der Waals surface area contributed by atoms with E-state index < -0.39 is 0 Å². The second-order valence-electron chi connectivity index (χ2n) is 5.64. The zero-order chi connectivity index (χ0) is 16.7. The molecule has 0 aliphatic heterocycles. The summed E-state index contributed by atoms with van der Waals surface area (Å²) >= 11 is 2.90. The van der Waals surface area contributed by atoms with Gasteiger partial charge in [0.25, 0.3) is 0 Å². The summed E-state index contributed by atoms with van der Waals surface area (Å²) in [5.41, 5.74) is 1.10. The summed E-state index contributed by atoms with van der Waals surface area (Å²) in [6, 6.07) is 9.93. The van der Waals surface area contributed by atoms with E-state index in [1.807, 2.05) is 37.3 Å². The highest BCUT2D eigenvalue weighted by atomic mass is 32.2. The lowest BCUT2D eigenvalue weighted by Crippen LogP contribution is -2.28. The van der Waals surface area contributed by atoms with Crippen molar-refractivity contribution >= 4 is 34.1 Å². The fourth-order valence-electron chi connectivity index (χ4n) is 1.87. The van der Waals surface area contributed by atoms with Crippen LogP contribution in [0, 0.1) is 5.92 Å². The molecule has 124 valence electrons. The fourth-order valence-corrected chi connectivity index (χ4v) is 3.44. The molecule has 0 fully saturated rings. The minimum Gasteiger partial charge on any atom is -0.360 e. The highest BCUT2D eigenvalue weighted by Crippen LogP contribution is 2.25. The van der Waals surface area contributed by atoms with Crippen molar-refractivity contribution in [1.82, 2.24) is 15.5 Å². The van der Waals surface area contributed by atoms with Crippen molar-refractivity contribution < 1.29 is 4.79 Å². The number of hydrogen-bond donors (Lipinski definition) is 2. The number of hydrogen-bond acceptors (Lipinski definition) is 6. The minimum absolute atomic E-state index is 0.00163. The van der Waals surface area contributed by atoms with E-state index >= 15 is 0 Å². The normalized spacial score (nSPS) is 12.2. The molecule has 0 aliphatic rings. The monoisotopic (exact) mass is 350 g/mol. The predicted molar refractivity (Wildman–Crippen MR) is 97.0 cm³/mol. The molecule has 0 radical (unpaired) electrons. The van der Waals surface area contributed by atoms with Gasteiger partial charge < -0.3 is 10.6 Å². The smallest absolute Gasteiger partial charge is 0.230 e. The van der Waals surface area contributed by atoms with Crippen LogP contribution >= 0.6 is 23.1 Å². The van der Waals surface area contributed by atoms with E-state index in [0.717, 1.165) is 21.6 Å². The van der Waals surface area contributed by atoms with E-state index in [9.17, 15) is 4.79 Å². The third-order valence-corrected chi connectivity index (χ3v) is 5.09. The first-order valence-corrected chi connectivity index (χ1v) is 9.39. The van der Waals surface area contributed by atoms with Crippen molar-refractivity contribution in [2.24, 2.45) is 5.92 Å². The third-order valence-electron chi connectivity index (χ3n) is 3.07. The molecule has 5 nitrogen and oxygen atoms in total. The lowest BCUT2D eigenvalue weighted by atomic mass is 10.1. The van der Waals surface area contributed by atoms with Crippen molar-refractivity contribution in [3.05, 3.63) is 35.9 Å². The molecule has 2 N–H and O–H groups in total. The summed E-state index contributed by atoms with van der Waals surface area (Å²) in [5, 5.41) is 15.2. The largest absolute Gasteiger partial charge is 0.360 e. The summed E-state index contributed by atoms with van der Waals surface area (Å²) in [7, 11) is 0. The summed E-state index contributed by atoms with van der Waals surface area (Å²) in [6.07, 6.45) is 0. The maximum absolute atomic E-state index is 12.0. The first kappa shape index (κ1) is 17.7. The summed E-state index contributed by atoms with van der Waals surface area (Å²) in [6.45, 7) is 7.13. The van der Waals surface area contributed by atoms with E-state index in [2.05, 4.69) is 34.7 Å². The maximum atomic E-state index is 12.0. The highest BCUT2D eigenvalue weighted by Gasteiger charge is 2.11. The van der Waals surface area contributed by atoms with Crippen LogP contribution in [0.25, 0.3) is 0 Å². The standard InChI is InChI=1S/C16H22N4OS2/c1-11(2)9-17-15-19-20-16(23-15)22-10-14(21)18-12(3)13-7-5-4-6-8-13/h4-8,11-12H,9-10H2,1-3H3,(H,17,19)(H,18,21). The van der Waals surface area contributed by atoms with Gasteiger partial charge in [-0.3, -0.25) is 4.79 Å². The topological polar surface area (TPSA) is 66.9 Å². The highest BCUT2D eigenvalue weighted by molar-refractivity contribution is 8.01. The van der Waals surface area contributed by atoms with Crippen LogP contribution in [-0.4, -0.2) is 28.4 Å². The van der Waals surface area contributed by atoms with E-state index in [1.54, 1.807) is 0 Å². The van der Waals surface area contributed by atoms with Gasteiger partial charge in [-0.05, 0) is 18.4 Å². The van der Waals surface area contributed by atoms with Gasteiger partial charge >= 0.3 is 0 Å². The van der Waals surface area contributed by atoms with E-state index in [4.69, 9.17) is 0 Å². The zero-order valence-corrected chi connectivity index (χ0v) is 15.2. The molecular formula is C16H22N4OS2. The van der Waals surface area contributed by atoms with Crippen molar-refractivity contribution in [1.29, 1.82) is 0 Å². The molecule has 1 heterocycles. The molecule has 1 aromatic heterocycles. The Morgan fingerprint density at radius 3 is 2.65 bits per heavy atom. The number of nitrogens with zero attached hydrogens (tertiary/aromatic N) is 2. The van der Waals surface area contributed by atoms with Crippen molar-refractivity contribution in [2.75, 3.05) is 17.6 Å². The second-order valence-corrected chi connectivity index (χ2v) is 7.84. The molecule has 0 spiro atoms. The fraction of sp³-hybridized carbons (Fsp3) is 0.438. The van der Waals surface area contributed by atoms with Gasteiger partial charge in [-0.2, -0.15) is 0 Å². The second kappa shape index (κ2) is 8.88. The van der Waals surface area contributed by atoms with Gasteiger partial charge in [-0.1, -0.05) is 67.3 Å². The number of nitrogens with one attached hydrogen (secondary N) is 2. The number of anilines is 1. The number of thioether (sulfide) groups is 1. The number of benzene rings is 1. The molecule has 2 rings (SSSR count). The van der Waals surface area contributed by atoms with Crippen LogP contribution in [0.5, 0.6) is 0 Å². The van der Waals surface area contributed by atoms with Crippen LogP contribution in [0.2, 0.25) is 0 Å². The minimum atomic E-state index is -0.00163. The Morgan fingerprint density at radius 1 is 1.22 bits per heavy atom. The Balaban J connectivity index is 1.76. The van der Waals surface area contributed by atoms with Crippen molar-refractivity contribution in [3.63, 3.8) is 0 Å². The van der Waals surface area contributed by atoms with Crippen molar-refractivity contribution in [3.8, 4) is 0 Å². The molecule has 0 saturated heterocycles. The quantitative estimate of drug-likeness (QED) is 0.712. The molecule has 7 heteroatoms.